The zero-order valence-electron chi connectivity index (χ0n) is 9.71. The van der Waals surface area contributed by atoms with E-state index in [4.69, 9.17) is 33.7 Å². The van der Waals surface area contributed by atoms with Gasteiger partial charge in [0, 0.05) is 11.8 Å². The summed E-state index contributed by atoms with van der Waals surface area (Å²) in [7, 11) is 1.61. The van der Waals surface area contributed by atoms with Gasteiger partial charge in [-0.15, -0.1) is 0 Å². The average Bonchev–Trinajstić information content (AvgIpc) is 2.36. The van der Waals surface area contributed by atoms with Gasteiger partial charge in [0.25, 0.3) is 0 Å². The molecule has 0 spiro atoms. The van der Waals surface area contributed by atoms with Crippen LogP contribution < -0.4 is 15.8 Å². The Kier molecular flexibility index (Phi) is 3.84. The maximum absolute atomic E-state index is 5.95. The fraction of sp³-hybridized carbons (Fsp3) is 0.0769. The minimum absolute atomic E-state index is 0.489. The van der Waals surface area contributed by atoms with Crippen LogP contribution in [-0.2, 0) is 0 Å². The number of hydrogen-bond acceptors (Lipinski definition) is 3. The van der Waals surface area contributed by atoms with Gasteiger partial charge in [-0.05, 0) is 30.3 Å². The normalized spacial score (nSPS) is 10.2. The molecule has 18 heavy (non-hydrogen) atoms. The summed E-state index contributed by atoms with van der Waals surface area (Å²) in [6.07, 6.45) is 0. The Bertz CT molecular complexity index is 573. The van der Waals surface area contributed by atoms with Gasteiger partial charge in [0.05, 0.1) is 28.5 Å². The molecular formula is C13H12Cl2N2O. The largest absolute Gasteiger partial charge is 0.497 e. The third-order valence-corrected chi connectivity index (χ3v) is 3.20. The number of nitrogens with two attached hydrogens (primary N) is 1. The van der Waals surface area contributed by atoms with Crippen molar-refractivity contribution in [2.24, 2.45) is 0 Å². The van der Waals surface area contributed by atoms with Crippen LogP contribution in [0.5, 0.6) is 5.75 Å². The first-order chi connectivity index (χ1) is 8.60. The number of methoxy groups -OCH3 is 1. The first-order valence-electron chi connectivity index (χ1n) is 5.26. The molecule has 0 heterocycles. The first-order valence-corrected chi connectivity index (χ1v) is 6.01. The molecule has 94 valence electrons. The summed E-state index contributed by atoms with van der Waals surface area (Å²) >= 11 is 11.8. The SMILES string of the molecule is COc1ccc(N)c(Nc2ccc(Cl)c(Cl)c2)c1. The number of anilines is 3. The number of ether oxygens (including phenoxy) is 1. The third-order valence-electron chi connectivity index (χ3n) is 2.46. The lowest BCUT2D eigenvalue weighted by Gasteiger charge is -2.11. The average molecular weight is 283 g/mol. The molecule has 0 amide bonds. The smallest absolute Gasteiger partial charge is 0.121 e. The Hall–Kier alpha value is -1.58. The molecule has 3 nitrogen and oxygen atoms in total. The summed E-state index contributed by atoms with van der Waals surface area (Å²) < 4.78 is 5.15. The van der Waals surface area contributed by atoms with E-state index in [1.807, 2.05) is 12.1 Å². The van der Waals surface area contributed by atoms with Crippen molar-refractivity contribution in [1.29, 1.82) is 0 Å². The zero-order valence-corrected chi connectivity index (χ0v) is 11.2. The van der Waals surface area contributed by atoms with E-state index in [0.717, 1.165) is 17.1 Å². The van der Waals surface area contributed by atoms with Crippen LogP contribution in [0.25, 0.3) is 0 Å². The van der Waals surface area contributed by atoms with E-state index < -0.39 is 0 Å². The molecule has 2 aromatic carbocycles. The highest BCUT2D eigenvalue weighted by molar-refractivity contribution is 6.42. The Morgan fingerprint density at radius 2 is 1.83 bits per heavy atom. The molecular weight excluding hydrogens is 271 g/mol. The topological polar surface area (TPSA) is 47.3 Å². The molecule has 0 radical (unpaired) electrons. The highest BCUT2D eigenvalue weighted by Crippen LogP contribution is 2.30. The number of hydrogen-bond donors (Lipinski definition) is 2. The van der Waals surface area contributed by atoms with Gasteiger partial charge in [-0.1, -0.05) is 23.2 Å². The number of rotatable bonds is 3. The molecule has 0 aliphatic carbocycles. The lowest BCUT2D eigenvalue weighted by molar-refractivity contribution is 0.415. The molecule has 0 unspecified atom stereocenters. The minimum atomic E-state index is 0.489. The maximum atomic E-state index is 5.95. The second-order valence-corrected chi connectivity index (χ2v) is 4.52. The van der Waals surface area contributed by atoms with Crippen LogP contribution in [0.2, 0.25) is 10.0 Å². The lowest BCUT2D eigenvalue weighted by atomic mass is 10.2. The summed E-state index contributed by atoms with van der Waals surface area (Å²) in [4.78, 5) is 0. The predicted octanol–water partition coefficient (Wildman–Crippen LogP) is 4.33. The van der Waals surface area contributed by atoms with Crippen LogP contribution in [0.3, 0.4) is 0 Å². The van der Waals surface area contributed by atoms with Crippen molar-refractivity contribution >= 4 is 40.3 Å². The Labute approximate surface area is 115 Å². The standard InChI is InChI=1S/C13H12Cl2N2O/c1-18-9-3-5-12(16)13(7-9)17-8-2-4-10(14)11(15)6-8/h2-7,17H,16H2,1H3. The predicted molar refractivity (Wildman–Crippen MR) is 77.2 cm³/mol. The molecule has 0 aliphatic rings. The highest BCUT2D eigenvalue weighted by Gasteiger charge is 2.04. The molecule has 5 heteroatoms. The van der Waals surface area contributed by atoms with Gasteiger partial charge in [-0.3, -0.25) is 0 Å². The van der Waals surface area contributed by atoms with E-state index in [9.17, 15) is 0 Å². The van der Waals surface area contributed by atoms with Gasteiger partial charge in [0.2, 0.25) is 0 Å². The molecule has 2 aromatic rings. The Morgan fingerprint density at radius 1 is 1.06 bits per heavy atom. The van der Waals surface area contributed by atoms with Crippen molar-refractivity contribution in [2.75, 3.05) is 18.2 Å². The van der Waals surface area contributed by atoms with Crippen molar-refractivity contribution in [2.45, 2.75) is 0 Å². The first kappa shape index (κ1) is 12.9. The molecule has 0 fully saturated rings. The van der Waals surface area contributed by atoms with Crippen molar-refractivity contribution in [3.63, 3.8) is 0 Å². The van der Waals surface area contributed by atoms with Crippen LogP contribution in [0, 0.1) is 0 Å². The van der Waals surface area contributed by atoms with Gasteiger partial charge in [-0.2, -0.15) is 0 Å². The summed E-state index contributed by atoms with van der Waals surface area (Å²) in [6.45, 7) is 0. The Morgan fingerprint density at radius 3 is 2.50 bits per heavy atom. The molecule has 2 rings (SSSR count). The molecule has 0 aliphatic heterocycles. The molecule has 0 saturated carbocycles. The van der Waals surface area contributed by atoms with Crippen LogP contribution in [0.15, 0.2) is 36.4 Å². The van der Waals surface area contributed by atoms with Crippen LogP contribution in [0.1, 0.15) is 0 Å². The van der Waals surface area contributed by atoms with Crippen molar-refractivity contribution < 1.29 is 4.74 Å². The second kappa shape index (κ2) is 5.38. The highest BCUT2D eigenvalue weighted by atomic mass is 35.5. The van der Waals surface area contributed by atoms with E-state index in [1.54, 1.807) is 31.4 Å². The van der Waals surface area contributed by atoms with Gasteiger partial charge in [0.1, 0.15) is 5.75 Å². The van der Waals surface area contributed by atoms with Gasteiger partial charge in [-0.25, -0.2) is 0 Å². The number of nitrogen functional groups attached to an aromatic ring is 1. The van der Waals surface area contributed by atoms with E-state index in [1.165, 1.54) is 0 Å². The van der Waals surface area contributed by atoms with Crippen molar-refractivity contribution in [3.8, 4) is 5.75 Å². The van der Waals surface area contributed by atoms with Crippen LogP contribution >= 0.6 is 23.2 Å². The summed E-state index contributed by atoms with van der Waals surface area (Å²) in [5.74, 6) is 0.728. The molecule has 0 aromatic heterocycles. The molecule has 0 atom stereocenters. The summed E-state index contributed by atoms with van der Waals surface area (Å²) in [6, 6.07) is 10.7. The summed E-state index contributed by atoms with van der Waals surface area (Å²) in [5.41, 5.74) is 8.08. The lowest BCUT2D eigenvalue weighted by Crippen LogP contribution is -1.97. The van der Waals surface area contributed by atoms with E-state index in [0.29, 0.717) is 15.7 Å². The van der Waals surface area contributed by atoms with Crippen LogP contribution in [-0.4, -0.2) is 7.11 Å². The monoisotopic (exact) mass is 282 g/mol. The van der Waals surface area contributed by atoms with Gasteiger partial charge < -0.3 is 15.8 Å². The fourth-order valence-corrected chi connectivity index (χ4v) is 1.80. The minimum Gasteiger partial charge on any atom is -0.497 e. The van der Waals surface area contributed by atoms with E-state index in [-0.39, 0.29) is 0 Å². The van der Waals surface area contributed by atoms with Crippen molar-refractivity contribution in [3.05, 3.63) is 46.4 Å². The number of nitrogens with one attached hydrogen (secondary N) is 1. The third kappa shape index (κ3) is 2.81. The summed E-state index contributed by atoms with van der Waals surface area (Å²) in [5, 5.41) is 4.17. The molecule has 3 N–H and O–H groups in total. The molecule has 0 bridgehead atoms. The van der Waals surface area contributed by atoms with Crippen LogP contribution in [0.4, 0.5) is 17.1 Å². The zero-order chi connectivity index (χ0) is 13.1. The number of halogens is 2. The van der Waals surface area contributed by atoms with Gasteiger partial charge in [0.15, 0.2) is 0 Å². The van der Waals surface area contributed by atoms with E-state index in [2.05, 4.69) is 5.32 Å². The number of benzene rings is 2. The van der Waals surface area contributed by atoms with Crippen molar-refractivity contribution in [1.82, 2.24) is 0 Å². The second-order valence-electron chi connectivity index (χ2n) is 3.71. The molecule has 0 saturated heterocycles. The van der Waals surface area contributed by atoms with Gasteiger partial charge >= 0.3 is 0 Å². The Balaban J connectivity index is 2.30. The quantitative estimate of drug-likeness (QED) is 0.824. The van der Waals surface area contributed by atoms with E-state index >= 15 is 0 Å². The fourth-order valence-electron chi connectivity index (χ4n) is 1.50. The maximum Gasteiger partial charge on any atom is 0.121 e.